The first-order chi connectivity index (χ1) is 11.6. The number of aromatic amines is 1. The van der Waals surface area contributed by atoms with Crippen LogP contribution in [0, 0.1) is 0 Å². The first-order valence-electron chi connectivity index (χ1n) is 7.73. The molecule has 24 heavy (non-hydrogen) atoms. The fraction of sp³-hybridized carbons (Fsp3) is 0.250. The summed E-state index contributed by atoms with van der Waals surface area (Å²) in [6.45, 7) is 0. The van der Waals surface area contributed by atoms with Crippen LogP contribution < -0.4 is 11.3 Å². The minimum Gasteiger partial charge on any atom is -0.382 e. The van der Waals surface area contributed by atoms with Gasteiger partial charge in [0.1, 0.15) is 5.82 Å². The molecule has 8 heteroatoms. The Morgan fingerprint density at radius 3 is 2.92 bits per heavy atom. The summed E-state index contributed by atoms with van der Waals surface area (Å²) in [5, 5.41) is 11.7. The number of hydrogen-bond acceptors (Lipinski definition) is 5. The molecule has 1 aromatic carbocycles. The van der Waals surface area contributed by atoms with E-state index in [-0.39, 0.29) is 11.4 Å². The second-order valence-electron chi connectivity index (χ2n) is 5.76. The standard InChI is InChI=1S/C16H15ClN6O/c17-9-4-3-5-10(8-9)20-21-13-14(18)22-23-15(13)19-12-7-2-1-6-11(12)16(23)24/h3-5,8,22H,1-2,6-7,18H2. The number of nitrogens with zero attached hydrogens (tertiary/aromatic N) is 4. The highest BCUT2D eigenvalue weighted by Crippen LogP contribution is 2.29. The molecule has 0 atom stereocenters. The van der Waals surface area contributed by atoms with Crippen molar-refractivity contribution in [2.75, 3.05) is 5.73 Å². The van der Waals surface area contributed by atoms with Crippen molar-refractivity contribution >= 4 is 34.4 Å². The number of halogens is 1. The van der Waals surface area contributed by atoms with Gasteiger partial charge in [0.05, 0.1) is 11.4 Å². The Bertz CT molecular complexity index is 1020. The SMILES string of the molecule is Nc1[nH]n2c(=O)c3c(nc2c1N=Nc1cccc(Cl)c1)CCCC3. The molecule has 122 valence electrons. The van der Waals surface area contributed by atoms with Gasteiger partial charge in [0.15, 0.2) is 11.3 Å². The summed E-state index contributed by atoms with van der Waals surface area (Å²) >= 11 is 5.94. The monoisotopic (exact) mass is 342 g/mol. The Kier molecular flexibility index (Phi) is 3.57. The predicted octanol–water partition coefficient (Wildman–Crippen LogP) is 3.55. The number of hydrogen-bond donors (Lipinski definition) is 2. The lowest BCUT2D eigenvalue weighted by atomic mass is 9.97. The first kappa shape index (κ1) is 14.9. The zero-order chi connectivity index (χ0) is 16.7. The summed E-state index contributed by atoms with van der Waals surface area (Å²) in [4.78, 5) is 17.2. The summed E-state index contributed by atoms with van der Waals surface area (Å²) in [7, 11) is 0. The van der Waals surface area contributed by atoms with E-state index in [1.165, 1.54) is 4.52 Å². The molecule has 0 saturated heterocycles. The van der Waals surface area contributed by atoms with Crippen molar-refractivity contribution in [3.63, 3.8) is 0 Å². The number of aromatic nitrogens is 3. The molecule has 1 aliphatic carbocycles. The van der Waals surface area contributed by atoms with Gasteiger partial charge in [0.25, 0.3) is 5.56 Å². The van der Waals surface area contributed by atoms with Crippen molar-refractivity contribution in [1.82, 2.24) is 14.6 Å². The molecular weight excluding hydrogens is 328 g/mol. The summed E-state index contributed by atoms with van der Waals surface area (Å²) < 4.78 is 1.35. The molecular formula is C16H15ClN6O. The molecule has 0 aliphatic heterocycles. The molecule has 0 amide bonds. The van der Waals surface area contributed by atoms with Crippen molar-refractivity contribution in [2.24, 2.45) is 10.2 Å². The third-order valence-electron chi connectivity index (χ3n) is 4.13. The van der Waals surface area contributed by atoms with Crippen molar-refractivity contribution in [2.45, 2.75) is 25.7 Å². The summed E-state index contributed by atoms with van der Waals surface area (Å²) in [5.74, 6) is 0.257. The number of azo groups is 1. The zero-order valence-electron chi connectivity index (χ0n) is 12.8. The Balaban J connectivity index is 1.85. The van der Waals surface area contributed by atoms with E-state index in [1.807, 2.05) is 0 Å². The zero-order valence-corrected chi connectivity index (χ0v) is 13.5. The number of aryl methyl sites for hydroxylation is 1. The van der Waals surface area contributed by atoms with Gasteiger partial charge in [0.2, 0.25) is 0 Å². The molecule has 1 aliphatic rings. The Morgan fingerprint density at radius 2 is 2.08 bits per heavy atom. The molecule has 3 N–H and O–H groups in total. The van der Waals surface area contributed by atoms with E-state index in [0.717, 1.165) is 36.9 Å². The second kappa shape index (κ2) is 5.76. The molecule has 0 radical (unpaired) electrons. The van der Waals surface area contributed by atoms with E-state index in [1.54, 1.807) is 24.3 Å². The number of benzene rings is 1. The fourth-order valence-electron chi connectivity index (χ4n) is 2.95. The van der Waals surface area contributed by atoms with Crippen LogP contribution in [0.15, 0.2) is 39.3 Å². The van der Waals surface area contributed by atoms with E-state index >= 15 is 0 Å². The van der Waals surface area contributed by atoms with Gasteiger partial charge >= 0.3 is 0 Å². The fourth-order valence-corrected chi connectivity index (χ4v) is 3.14. The van der Waals surface area contributed by atoms with Crippen LogP contribution in [0.3, 0.4) is 0 Å². The Morgan fingerprint density at radius 1 is 1.25 bits per heavy atom. The second-order valence-corrected chi connectivity index (χ2v) is 6.20. The topological polar surface area (TPSA) is 101 Å². The third kappa shape index (κ3) is 2.46. The molecule has 2 heterocycles. The van der Waals surface area contributed by atoms with Gasteiger partial charge in [-0.15, -0.1) is 5.11 Å². The molecule has 0 unspecified atom stereocenters. The van der Waals surface area contributed by atoms with Crippen LogP contribution in [0.2, 0.25) is 5.02 Å². The van der Waals surface area contributed by atoms with E-state index in [0.29, 0.717) is 22.0 Å². The van der Waals surface area contributed by atoms with Crippen LogP contribution in [0.1, 0.15) is 24.1 Å². The lowest BCUT2D eigenvalue weighted by molar-refractivity contribution is 0.651. The highest BCUT2D eigenvalue weighted by Gasteiger charge is 2.20. The van der Waals surface area contributed by atoms with Crippen LogP contribution >= 0.6 is 11.6 Å². The summed E-state index contributed by atoms with van der Waals surface area (Å²) in [6.07, 6.45) is 3.60. The smallest absolute Gasteiger partial charge is 0.276 e. The quantitative estimate of drug-likeness (QED) is 0.696. The van der Waals surface area contributed by atoms with Crippen LogP contribution in [-0.4, -0.2) is 14.6 Å². The minimum absolute atomic E-state index is 0.106. The summed E-state index contributed by atoms with van der Waals surface area (Å²) in [5.41, 5.74) is 8.84. The van der Waals surface area contributed by atoms with Crippen LogP contribution in [0.25, 0.3) is 5.65 Å². The average molecular weight is 343 g/mol. The Hall–Kier alpha value is -2.67. The number of fused-ring (bicyclic) bond motifs is 2. The average Bonchev–Trinajstić information content (AvgIpc) is 2.89. The van der Waals surface area contributed by atoms with Gasteiger partial charge in [-0.25, -0.2) is 4.98 Å². The number of nitrogen functional groups attached to an aromatic ring is 1. The van der Waals surface area contributed by atoms with Gasteiger partial charge in [-0.3, -0.25) is 9.89 Å². The van der Waals surface area contributed by atoms with Gasteiger partial charge in [0, 0.05) is 10.6 Å². The molecule has 2 aromatic heterocycles. The van der Waals surface area contributed by atoms with E-state index in [4.69, 9.17) is 17.3 Å². The lowest BCUT2D eigenvalue weighted by Crippen LogP contribution is -2.24. The van der Waals surface area contributed by atoms with Crippen molar-refractivity contribution in [3.05, 3.63) is 50.9 Å². The minimum atomic E-state index is -0.106. The lowest BCUT2D eigenvalue weighted by Gasteiger charge is -2.13. The number of nitrogens with one attached hydrogen (secondary N) is 1. The molecule has 4 rings (SSSR count). The third-order valence-corrected chi connectivity index (χ3v) is 4.36. The van der Waals surface area contributed by atoms with Gasteiger partial charge < -0.3 is 5.73 Å². The maximum atomic E-state index is 12.6. The molecule has 7 nitrogen and oxygen atoms in total. The highest BCUT2D eigenvalue weighted by molar-refractivity contribution is 6.30. The first-order valence-corrected chi connectivity index (χ1v) is 8.10. The largest absolute Gasteiger partial charge is 0.382 e. The van der Waals surface area contributed by atoms with Crippen LogP contribution in [0.5, 0.6) is 0 Å². The maximum Gasteiger partial charge on any atom is 0.276 e. The predicted molar refractivity (Wildman–Crippen MR) is 92.5 cm³/mol. The van der Waals surface area contributed by atoms with Gasteiger partial charge in [-0.05, 0) is 43.9 Å². The van der Waals surface area contributed by atoms with Crippen molar-refractivity contribution < 1.29 is 0 Å². The summed E-state index contributed by atoms with van der Waals surface area (Å²) in [6, 6.07) is 7.02. The number of H-pyrrole nitrogens is 1. The molecule has 0 bridgehead atoms. The maximum absolute atomic E-state index is 12.6. The van der Waals surface area contributed by atoms with Crippen molar-refractivity contribution in [1.29, 1.82) is 0 Å². The van der Waals surface area contributed by atoms with E-state index in [9.17, 15) is 4.79 Å². The van der Waals surface area contributed by atoms with Gasteiger partial charge in [-0.1, -0.05) is 17.7 Å². The van der Waals surface area contributed by atoms with Crippen LogP contribution in [-0.2, 0) is 12.8 Å². The van der Waals surface area contributed by atoms with E-state index < -0.39 is 0 Å². The number of rotatable bonds is 2. The molecule has 0 spiro atoms. The number of anilines is 1. The van der Waals surface area contributed by atoms with Crippen LogP contribution in [0.4, 0.5) is 17.2 Å². The molecule has 0 fully saturated rings. The number of nitrogens with two attached hydrogens (primary N) is 1. The Labute approximate surface area is 142 Å². The normalized spacial score (nSPS) is 14.4. The molecule has 0 saturated carbocycles. The van der Waals surface area contributed by atoms with Crippen molar-refractivity contribution in [3.8, 4) is 0 Å². The van der Waals surface area contributed by atoms with E-state index in [2.05, 4.69) is 20.3 Å². The highest BCUT2D eigenvalue weighted by atomic mass is 35.5. The van der Waals surface area contributed by atoms with Gasteiger partial charge in [-0.2, -0.15) is 9.63 Å². The molecule has 3 aromatic rings.